The summed E-state index contributed by atoms with van der Waals surface area (Å²) in [4.78, 5) is 17.2. The van der Waals surface area contributed by atoms with E-state index in [9.17, 15) is 4.79 Å². The van der Waals surface area contributed by atoms with E-state index in [4.69, 9.17) is 18.6 Å². The van der Waals surface area contributed by atoms with Gasteiger partial charge in [0.25, 0.3) is 0 Å². The Kier molecular flexibility index (Phi) is 5.75. The van der Waals surface area contributed by atoms with E-state index in [2.05, 4.69) is 10.3 Å². The number of benzene rings is 3. The molecule has 0 radical (unpaired) electrons. The average Bonchev–Trinajstić information content (AvgIpc) is 3.23. The van der Waals surface area contributed by atoms with Crippen LogP contribution in [0, 0.1) is 0 Å². The lowest BCUT2D eigenvalue weighted by Gasteiger charge is -2.12. The first-order valence-corrected chi connectivity index (χ1v) is 9.66. The first kappa shape index (κ1) is 20.3. The molecule has 1 aromatic heterocycles. The van der Waals surface area contributed by atoms with Crippen LogP contribution in [-0.4, -0.2) is 32.2 Å². The van der Waals surface area contributed by atoms with Crippen molar-refractivity contribution in [2.45, 2.75) is 6.42 Å². The Balaban J connectivity index is 1.57. The third kappa shape index (κ3) is 4.30. The van der Waals surface area contributed by atoms with Crippen molar-refractivity contribution < 1.29 is 23.4 Å². The zero-order valence-electron chi connectivity index (χ0n) is 17.5. The van der Waals surface area contributed by atoms with E-state index in [0.29, 0.717) is 34.4 Å². The summed E-state index contributed by atoms with van der Waals surface area (Å²) in [6, 6.07) is 18.3. The number of methoxy groups -OCH3 is 3. The highest BCUT2D eigenvalue weighted by Crippen LogP contribution is 2.32. The number of carbonyl (C=O) groups is 1. The van der Waals surface area contributed by atoms with Gasteiger partial charge < -0.3 is 23.9 Å². The van der Waals surface area contributed by atoms with Crippen molar-refractivity contribution in [3.05, 3.63) is 66.2 Å². The van der Waals surface area contributed by atoms with Crippen molar-refractivity contribution in [3.8, 4) is 28.7 Å². The van der Waals surface area contributed by atoms with Gasteiger partial charge >= 0.3 is 0 Å². The number of hydrogen-bond donors (Lipinski definition) is 1. The Labute approximate surface area is 179 Å². The second kappa shape index (κ2) is 8.79. The summed E-state index contributed by atoms with van der Waals surface area (Å²) < 4.78 is 21.8. The summed E-state index contributed by atoms with van der Waals surface area (Å²) in [5.41, 5.74) is 3.54. The highest BCUT2D eigenvalue weighted by molar-refractivity contribution is 5.94. The fourth-order valence-electron chi connectivity index (χ4n) is 3.30. The molecule has 0 atom stereocenters. The Morgan fingerprint density at radius 2 is 1.65 bits per heavy atom. The number of amides is 1. The Morgan fingerprint density at radius 3 is 2.39 bits per heavy atom. The molecule has 7 nitrogen and oxygen atoms in total. The summed E-state index contributed by atoms with van der Waals surface area (Å²) in [5, 5.41) is 2.91. The highest BCUT2D eigenvalue weighted by atomic mass is 16.5. The molecule has 4 rings (SSSR count). The van der Waals surface area contributed by atoms with E-state index in [1.807, 2.05) is 36.4 Å². The van der Waals surface area contributed by atoms with Gasteiger partial charge in [0.1, 0.15) is 11.3 Å². The van der Waals surface area contributed by atoms with Crippen LogP contribution >= 0.6 is 0 Å². The number of para-hydroxylation sites is 2. The lowest BCUT2D eigenvalue weighted by Crippen LogP contribution is -2.15. The largest absolute Gasteiger partial charge is 0.495 e. The maximum absolute atomic E-state index is 12.7. The molecule has 7 heteroatoms. The number of aromatic nitrogens is 1. The molecular weight excluding hydrogens is 396 g/mol. The molecule has 0 saturated carbocycles. The third-order valence-corrected chi connectivity index (χ3v) is 4.83. The van der Waals surface area contributed by atoms with Crippen LogP contribution in [0.4, 0.5) is 5.69 Å². The van der Waals surface area contributed by atoms with E-state index in [0.717, 1.165) is 16.6 Å². The normalized spacial score (nSPS) is 10.7. The maximum Gasteiger partial charge on any atom is 0.228 e. The fraction of sp³-hybridized carbons (Fsp3) is 0.167. The second-order valence-corrected chi connectivity index (χ2v) is 6.82. The number of nitrogens with one attached hydrogen (secondary N) is 1. The van der Waals surface area contributed by atoms with Gasteiger partial charge in [-0.15, -0.1) is 0 Å². The summed E-state index contributed by atoms with van der Waals surface area (Å²) in [6.07, 6.45) is 0.163. The molecule has 1 amide bonds. The monoisotopic (exact) mass is 418 g/mol. The number of fused-ring (bicyclic) bond motifs is 1. The van der Waals surface area contributed by atoms with E-state index in [1.165, 1.54) is 0 Å². The molecule has 0 spiro atoms. The van der Waals surface area contributed by atoms with Crippen LogP contribution < -0.4 is 19.5 Å². The first-order chi connectivity index (χ1) is 15.1. The zero-order chi connectivity index (χ0) is 21.8. The van der Waals surface area contributed by atoms with Gasteiger partial charge in [0.2, 0.25) is 11.8 Å². The molecule has 0 fully saturated rings. The minimum absolute atomic E-state index is 0.163. The van der Waals surface area contributed by atoms with E-state index >= 15 is 0 Å². The van der Waals surface area contributed by atoms with Crippen LogP contribution in [-0.2, 0) is 11.2 Å². The Morgan fingerprint density at radius 1 is 0.903 bits per heavy atom. The van der Waals surface area contributed by atoms with Crippen LogP contribution in [0.15, 0.2) is 65.1 Å². The Bertz CT molecular complexity index is 1200. The minimum Gasteiger partial charge on any atom is -0.495 e. The topological polar surface area (TPSA) is 82.8 Å². The van der Waals surface area contributed by atoms with Gasteiger partial charge in [-0.3, -0.25) is 4.79 Å². The maximum atomic E-state index is 12.7. The van der Waals surface area contributed by atoms with E-state index < -0.39 is 0 Å². The van der Waals surface area contributed by atoms with Gasteiger partial charge in [-0.05, 0) is 48.0 Å². The second-order valence-electron chi connectivity index (χ2n) is 6.82. The highest BCUT2D eigenvalue weighted by Gasteiger charge is 2.14. The molecule has 4 aromatic rings. The molecule has 1 heterocycles. The van der Waals surface area contributed by atoms with Crippen molar-refractivity contribution in [1.29, 1.82) is 0 Å². The molecule has 158 valence electrons. The fourth-order valence-corrected chi connectivity index (χ4v) is 3.30. The molecule has 0 aliphatic carbocycles. The van der Waals surface area contributed by atoms with Crippen LogP contribution in [0.5, 0.6) is 17.2 Å². The molecule has 3 aromatic carbocycles. The lowest BCUT2D eigenvalue weighted by atomic mass is 10.1. The molecule has 0 bridgehead atoms. The number of carbonyl (C=O) groups excluding carboxylic acids is 1. The van der Waals surface area contributed by atoms with Gasteiger partial charge in [0, 0.05) is 5.56 Å². The van der Waals surface area contributed by atoms with Gasteiger partial charge in [-0.2, -0.15) is 0 Å². The Hall–Kier alpha value is -4.00. The molecule has 31 heavy (non-hydrogen) atoms. The van der Waals surface area contributed by atoms with Crippen LogP contribution in [0.25, 0.3) is 22.6 Å². The van der Waals surface area contributed by atoms with Crippen molar-refractivity contribution in [1.82, 2.24) is 4.98 Å². The smallest absolute Gasteiger partial charge is 0.228 e. The number of ether oxygens (including phenoxy) is 3. The predicted molar refractivity (Wildman–Crippen MR) is 118 cm³/mol. The molecular formula is C24H22N2O5. The summed E-state index contributed by atoms with van der Waals surface area (Å²) in [6.45, 7) is 0. The summed E-state index contributed by atoms with van der Waals surface area (Å²) >= 11 is 0. The summed E-state index contributed by atoms with van der Waals surface area (Å²) in [5.74, 6) is 2.00. The minimum atomic E-state index is -0.194. The van der Waals surface area contributed by atoms with Gasteiger partial charge in [0.15, 0.2) is 17.1 Å². The van der Waals surface area contributed by atoms with Crippen molar-refractivity contribution in [2.24, 2.45) is 0 Å². The van der Waals surface area contributed by atoms with Crippen molar-refractivity contribution >= 4 is 22.7 Å². The van der Waals surface area contributed by atoms with E-state index in [1.54, 1.807) is 45.6 Å². The molecule has 0 aliphatic rings. The molecule has 0 saturated heterocycles. The van der Waals surface area contributed by atoms with Gasteiger partial charge in [-0.25, -0.2) is 4.98 Å². The quantitative estimate of drug-likeness (QED) is 0.468. The standard InChI is InChI=1S/C24H22N2O5/c1-28-19-11-9-16(24-26-17-6-4-5-7-20(17)31-24)14-18(19)25-23(27)13-15-8-10-21(29-2)22(12-15)30-3/h4-12,14H,13H2,1-3H3,(H,25,27). The number of rotatable bonds is 7. The lowest BCUT2D eigenvalue weighted by molar-refractivity contribution is -0.115. The van der Waals surface area contributed by atoms with E-state index in [-0.39, 0.29) is 12.3 Å². The number of hydrogen-bond acceptors (Lipinski definition) is 6. The number of oxazole rings is 1. The van der Waals surface area contributed by atoms with Crippen LogP contribution in [0.1, 0.15) is 5.56 Å². The molecule has 1 N–H and O–H groups in total. The predicted octanol–water partition coefficient (Wildman–Crippen LogP) is 4.70. The molecule has 0 aliphatic heterocycles. The number of anilines is 1. The SMILES string of the molecule is COc1ccc(-c2nc3ccccc3o2)cc1NC(=O)Cc1ccc(OC)c(OC)c1. The van der Waals surface area contributed by atoms with Gasteiger partial charge in [0.05, 0.1) is 33.4 Å². The molecule has 0 unspecified atom stereocenters. The average molecular weight is 418 g/mol. The van der Waals surface area contributed by atoms with Crippen LogP contribution in [0.2, 0.25) is 0 Å². The first-order valence-electron chi connectivity index (χ1n) is 9.66. The van der Waals surface area contributed by atoms with Crippen LogP contribution in [0.3, 0.4) is 0 Å². The zero-order valence-corrected chi connectivity index (χ0v) is 17.5. The number of nitrogens with zero attached hydrogens (tertiary/aromatic N) is 1. The van der Waals surface area contributed by atoms with Crippen molar-refractivity contribution in [3.63, 3.8) is 0 Å². The van der Waals surface area contributed by atoms with Gasteiger partial charge in [-0.1, -0.05) is 18.2 Å². The summed E-state index contributed by atoms with van der Waals surface area (Å²) in [7, 11) is 4.68. The third-order valence-electron chi connectivity index (χ3n) is 4.83. The van der Waals surface area contributed by atoms with Crippen molar-refractivity contribution in [2.75, 3.05) is 26.6 Å².